The molecule has 0 spiro atoms. The van der Waals surface area contributed by atoms with Gasteiger partial charge in [-0.15, -0.1) is 0 Å². The topological polar surface area (TPSA) is 171 Å². The van der Waals surface area contributed by atoms with Crippen molar-refractivity contribution < 1.29 is 37.7 Å². The summed E-state index contributed by atoms with van der Waals surface area (Å²) in [5.74, 6) is -0.245. The molecule has 3 heterocycles. The molecule has 0 saturated heterocycles. The molecule has 3 N–H and O–H groups in total. The molecular weight excluding hydrogens is 796 g/mol. The van der Waals surface area contributed by atoms with Gasteiger partial charge in [0.2, 0.25) is 5.88 Å². The molecule has 6 rings (SSSR count). The highest BCUT2D eigenvalue weighted by Gasteiger charge is 2.28. The van der Waals surface area contributed by atoms with Crippen LogP contribution in [0.15, 0.2) is 103 Å². The lowest BCUT2D eigenvalue weighted by atomic mass is 10.0. The number of alkyl carbamates (subject to hydrolysis) is 1. The van der Waals surface area contributed by atoms with E-state index in [1.165, 1.54) is 19.4 Å². The molecule has 62 heavy (non-hydrogen) atoms. The number of rotatable bonds is 15. The number of halogens is 1. The lowest BCUT2D eigenvalue weighted by molar-refractivity contribution is 0.0517. The number of carbonyl (C=O) groups is 3. The molecule has 0 fully saturated rings. The molecule has 0 aliphatic rings. The van der Waals surface area contributed by atoms with Crippen molar-refractivity contribution in [3.8, 4) is 17.0 Å². The highest BCUT2D eigenvalue weighted by molar-refractivity contribution is 5.98. The quantitative estimate of drug-likeness (QED) is 0.0511. The van der Waals surface area contributed by atoms with Gasteiger partial charge < -0.3 is 34.5 Å². The Morgan fingerprint density at radius 3 is 2.02 bits per heavy atom. The van der Waals surface area contributed by atoms with Gasteiger partial charge in [-0.05, 0) is 76.4 Å². The van der Waals surface area contributed by atoms with E-state index in [2.05, 4.69) is 25.8 Å². The second-order valence-corrected chi connectivity index (χ2v) is 16.2. The summed E-state index contributed by atoms with van der Waals surface area (Å²) in [6.07, 6.45) is 1.24. The van der Waals surface area contributed by atoms with E-state index in [1.54, 1.807) is 58.2 Å². The van der Waals surface area contributed by atoms with Gasteiger partial charge in [0.1, 0.15) is 40.8 Å². The lowest BCUT2D eigenvalue weighted by Crippen LogP contribution is -2.34. The molecular formula is C46H51FN8O7. The van der Waals surface area contributed by atoms with Crippen LogP contribution in [0.4, 0.5) is 31.3 Å². The van der Waals surface area contributed by atoms with Crippen molar-refractivity contribution in [3.63, 3.8) is 0 Å². The molecule has 3 aromatic carbocycles. The number of methoxy groups -OCH3 is 1. The number of ether oxygens (including phenoxy) is 4. The fourth-order valence-corrected chi connectivity index (χ4v) is 6.39. The maximum Gasteiger partial charge on any atom is 0.412 e. The van der Waals surface area contributed by atoms with E-state index in [-0.39, 0.29) is 36.8 Å². The summed E-state index contributed by atoms with van der Waals surface area (Å²) in [4.78, 5) is 49.5. The fraction of sp³-hybridized carbons (Fsp3) is 0.304. The SMILES string of the molecule is COC(=O)c1cnn2c(N(Cc3ccccc3)Cc3ccccc3)c(-c3ccc(NC(=O)OC(C)(C)C)cc3)c(NCc3cc(F)cnc3OCCNC(=O)OC(C)(C)C)nc12. The number of anilines is 3. The van der Waals surface area contributed by atoms with Crippen LogP contribution in [0.2, 0.25) is 0 Å². The first-order valence-electron chi connectivity index (χ1n) is 20.0. The molecule has 0 atom stereocenters. The normalized spacial score (nSPS) is 11.4. The molecule has 0 aliphatic heterocycles. The second-order valence-electron chi connectivity index (χ2n) is 16.2. The summed E-state index contributed by atoms with van der Waals surface area (Å²) in [6, 6.07) is 28.3. The number of fused-ring (bicyclic) bond motifs is 1. The predicted molar refractivity (Wildman–Crippen MR) is 234 cm³/mol. The molecule has 2 amide bonds. The van der Waals surface area contributed by atoms with E-state index >= 15 is 0 Å². The van der Waals surface area contributed by atoms with Crippen molar-refractivity contribution in [3.05, 3.63) is 131 Å². The first kappa shape index (κ1) is 44.3. The van der Waals surface area contributed by atoms with Gasteiger partial charge in [-0.25, -0.2) is 28.7 Å². The molecule has 3 aromatic heterocycles. The number of amides is 2. The standard InChI is InChI=1S/C46H51FN8O7/c1-45(2,3)61-43(57)48-22-23-60-40-33(24-34(47)26-50-40)25-49-38-37(32-18-20-35(21-19-32)52-44(58)62-46(4,5)6)41(55-39(53-38)36(27-51-55)42(56)59-7)54(28-30-14-10-8-11-15-30)29-31-16-12-9-13-17-31/h8-21,24,26-27H,22-23,25,28-29H2,1-7H3,(H,48,57)(H,49,53)(H,52,58). The minimum Gasteiger partial charge on any atom is -0.476 e. The largest absolute Gasteiger partial charge is 0.476 e. The van der Waals surface area contributed by atoms with Gasteiger partial charge in [-0.3, -0.25) is 5.32 Å². The zero-order valence-electron chi connectivity index (χ0n) is 35.8. The maximum absolute atomic E-state index is 14.9. The Kier molecular flexibility index (Phi) is 13.9. The van der Waals surface area contributed by atoms with Gasteiger partial charge in [-0.2, -0.15) is 9.61 Å². The monoisotopic (exact) mass is 846 g/mol. The number of nitrogens with one attached hydrogen (secondary N) is 3. The highest BCUT2D eigenvalue weighted by Crippen LogP contribution is 2.40. The van der Waals surface area contributed by atoms with Crippen LogP contribution < -0.4 is 25.6 Å². The Hall–Kier alpha value is -7.23. The Labute approximate surface area is 359 Å². The zero-order valence-corrected chi connectivity index (χ0v) is 35.8. The van der Waals surface area contributed by atoms with Crippen molar-refractivity contribution >= 4 is 41.1 Å². The van der Waals surface area contributed by atoms with Gasteiger partial charge in [0.15, 0.2) is 5.65 Å². The third kappa shape index (κ3) is 12.0. The Morgan fingerprint density at radius 1 is 0.806 bits per heavy atom. The van der Waals surface area contributed by atoms with E-state index in [1.807, 2.05) is 72.8 Å². The summed E-state index contributed by atoms with van der Waals surface area (Å²) in [5.41, 5.74) is 3.01. The van der Waals surface area contributed by atoms with Gasteiger partial charge in [0.05, 0.1) is 31.6 Å². The van der Waals surface area contributed by atoms with Crippen LogP contribution in [0.5, 0.6) is 5.88 Å². The van der Waals surface area contributed by atoms with Crippen LogP contribution >= 0.6 is 0 Å². The van der Waals surface area contributed by atoms with Crippen LogP contribution in [0, 0.1) is 5.82 Å². The van der Waals surface area contributed by atoms with E-state index in [4.69, 9.17) is 29.0 Å². The number of benzene rings is 3. The van der Waals surface area contributed by atoms with Crippen LogP contribution in [0.25, 0.3) is 16.8 Å². The average molecular weight is 847 g/mol. The Morgan fingerprint density at radius 2 is 1.42 bits per heavy atom. The van der Waals surface area contributed by atoms with Crippen LogP contribution in [-0.4, -0.2) is 69.2 Å². The molecule has 0 bridgehead atoms. The van der Waals surface area contributed by atoms with Crippen molar-refractivity contribution in [1.29, 1.82) is 0 Å². The molecule has 16 heteroatoms. The molecule has 15 nitrogen and oxygen atoms in total. The molecule has 0 saturated carbocycles. The van der Waals surface area contributed by atoms with Gasteiger partial charge in [0.25, 0.3) is 0 Å². The number of aromatic nitrogens is 4. The van der Waals surface area contributed by atoms with Gasteiger partial charge in [-0.1, -0.05) is 72.8 Å². The van der Waals surface area contributed by atoms with Crippen LogP contribution in [0.1, 0.15) is 68.6 Å². The Bertz CT molecular complexity index is 2440. The summed E-state index contributed by atoms with van der Waals surface area (Å²) in [6.45, 7) is 11.5. The second kappa shape index (κ2) is 19.4. The van der Waals surface area contributed by atoms with E-state index in [0.717, 1.165) is 17.3 Å². The first-order chi connectivity index (χ1) is 29.6. The first-order valence-corrected chi connectivity index (χ1v) is 20.0. The summed E-state index contributed by atoms with van der Waals surface area (Å²) in [5, 5.41) is 13.5. The fourth-order valence-electron chi connectivity index (χ4n) is 6.39. The van der Waals surface area contributed by atoms with E-state index in [9.17, 15) is 18.8 Å². The van der Waals surface area contributed by atoms with Gasteiger partial charge >= 0.3 is 18.2 Å². The van der Waals surface area contributed by atoms with Crippen molar-refractivity contribution in [1.82, 2.24) is 24.9 Å². The third-order valence-corrected chi connectivity index (χ3v) is 8.93. The highest BCUT2D eigenvalue weighted by atomic mass is 19.1. The summed E-state index contributed by atoms with van der Waals surface area (Å²) in [7, 11) is 1.28. The molecule has 0 aliphatic carbocycles. The lowest BCUT2D eigenvalue weighted by Gasteiger charge is -2.29. The molecule has 0 radical (unpaired) electrons. The van der Waals surface area contributed by atoms with Crippen molar-refractivity contribution in [2.45, 2.75) is 72.4 Å². The van der Waals surface area contributed by atoms with E-state index < -0.39 is 35.2 Å². The van der Waals surface area contributed by atoms with Crippen molar-refractivity contribution in [2.24, 2.45) is 0 Å². The smallest absolute Gasteiger partial charge is 0.412 e. The molecule has 0 unspecified atom stereocenters. The summed E-state index contributed by atoms with van der Waals surface area (Å²) >= 11 is 0. The van der Waals surface area contributed by atoms with Crippen LogP contribution in [-0.2, 0) is 33.8 Å². The van der Waals surface area contributed by atoms with Crippen molar-refractivity contribution in [2.75, 3.05) is 35.8 Å². The number of carbonyl (C=O) groups excluding carboxylic acids is 3. The zero-order chi connectivity index (χ0) is 44.4. The molecule has 6 aromatic rings. The molecule has 324 valence electrons. The predicted octanol–water partition coefficient (Wildman–Crippen LogP) is 8.79. The number of esters is 1. The number of hydrogen-bond acceptors (Lipinski definition) is 12. The van der Waals surface area contributed by atoms with E-state index in [0.29, 0.717) is 47.1 Å². The summed E-state index contributed by atoms with van der Waals surface area (Å²) < 4.78 is 38.4. The van der Waals surface area contributed by atoms with Gasteiger partial charge in [0, 0.05) is 30.9 Å². The minimum atomic E-state index is -0.701. The average Bonchev–Trinajstić information content (AvgIpc) is 3.64. The third-order valence-electron chi connectivity index (χ3n) is 8.93. The minimum absolute atomic E-state index is 0.0143. The van der Waals surface area contributed by atoms with Crippen LogP contribution in [0.3, 0.4) is 0 Å². The number of hydrogen-bond donors (Lipinski definition) is 3. The Balaban J connectivity index is 1.47. The number of nitrogens with zero attached hydrogens (tertiary/aromatic N) is 5. The maximum atomic E-state index is 14.9. The number of pyridine rings is 1.